The third-order valence-electron chi connectivity index (χ3n) is 3.67. The van der Waals surface area contributed by atoms with Gasteiger partial charge in [-0.25, -0.2) is 4.99 Å². The lowest BCUT2D eigenvalue weighted by Gasteiger charge is -2.11. The maximum atomic E-state index is 11.6. The Labute approximate surface area is 135 Å². The standard InChI is InChI=1S/C17H34N4O/c1-4-18-17(20-13-16(22)21-15-10-11-15)19-12-8-6-5-7-9-14(2)3/h14-15H,4-13H2,1-3H3,(H,21,22)(H2,18,19,20). The van der Waals surface area contributed by atoms with Crippen molar-refractivity contribution in [2.45, 2.75) is 71.8 Å². The van der Waals surface area contributed by atoms with Gasteiger partial charge in [0.2, 0.25) is 5.91 Å². The number of carbonyl (C=O) groups excluding carboxylic acids is 1. The number of hydrogen-bond donors (Lipinski definition) is 3. The van der Waals surface area contributed by atoms with Crippen molar-refractivity contribution >= 4 is 11.9 Å². The van der Waals surface area contributed by atoms with E-state index in [0.717, 1.165) is 44.2 Å². The molecule has 0 radical (unpaired) electrons. The minimum atomic E-state index is 0.0217. The molecule has 0 aromatic heterocycles. The molecule has 22 heavy (non-hydrogen) atoms. The maximum absolute atomic E-state index is 11.6. The van der Waals surface area contributed by atoms with E-state index >= 15 is 0 Å². The minimum absolute atomic E-state index is 0.0217. The van der Waals surface area contributed by atoms with Crippen LogP contribution < -0.4 is 16.0 Å². The Morgan fingerprint density at radius 2 is 1.86 bits per heavy atom. The van der Waals surface area contributed by atoms with E-state index in [1.807, 2.05) is 6.92 Å². The number of hydrogen-bond acceptors (Lipinski definition) is 2. The van der Waals surface area contributed by atoms with E-state index in [1.54, 1.807) is 0 Å². The van der Waals surface area contributed by atoms with Gasteiger partial charge in [-0.15, -0.1) is 0 Å². The van der Waals surface area contributed by atoms with Gasteiger partial charge in [-0.05, 0) is 32.1 Å². The number of carbonyl (C=O) groups is 1. The first-order valence-electron chi connectivity index (χ1n) is 8.93. The van der Waals surface area contributed by atoms with Gasteiger partial charge in [0, 0.05) is 19.1 Å². The van der Waals surface area contributed by atoms with Gasteiger partial charge < -0.3 is 16.0 Å². The number of aliphatic imine (C=N–C) groups is 1. The summed E-state index contributed by atoms with van der Waals surface area (Å²) in [5, 5.41) is 9.44. The van der Waals surface area contributed by atoms with E-state index in [4.69, 9.17) is 0 Å². The molecular weight excluding hydrogens is 276 g/mol. The zero-order chi connectivity index (χ0) is 16.2. The van der Waals surface area contributed by atoms with Gasteiger partial charge in [-0.1, -0.05) is 39.5 Å². The van der Waals surface area contributed by atoms with Crippen LogP contribution in [0.25, 0.3) is 0 Å². The SMILES string of the molecule is CCNC(=NCC(=O)NC1CC1)NCCCCCCC(C)C. The van der Waals surface area contributed by atoms with Gasteiger partial charge in [-0.3, -0.25) is 4.79 Å². The zero-order valence-electron chi connectivity index (χ0n) is 14.6. The summed E-state index contributed by atoms with van der Waals surface area (Å²) < 4.78 is 0. The van der Waals surface area contributed by atoms with E-state index in [0.29, 0.717) is 6.04 Å². The molecule has 1 saturated carbocycles. The molecule has 0 aliphatic heterocycles. The lowest BCUT2D eigenvalue weighted by molar-refractivity contribution is -0.119. The highest BCUT2D eigenvalue weighted by Crippen LogP contribution is 2.18. The van der Waals surface area contributed by atoms with E-state index in [1.165, 1.54) is 25.7 Å². The molecule has 0 heterocycles. The van der Waals surface area contributed by atoms with Crippen molar-refractivity contribution in [1.82, 2.24) is 16.0 Å². The van der Waals surface area contributed by atoms with Gasteiger partial charge in [0.1, 0.15) is 6.54 Å². The van der Waals surface area contributed by atoms with Gasteiger partial charge in [-0.2, -0.15) is 0 Å². The number of unbranched alkanes of at least 4 members (excludes halogenated alkanes) is 3. The molecule has 0 saturated heterocycles. The fraction of sp³-hybridized carbons (Fsp3) is 0.882. The summed E-state index contributed by atoms with van der Waals surface area (Å²) in [4.78, 5) is 16.0. The summed E-state index contributed by atoms with van der Waals surface area (Å²) in [5.74, 6) is 1.58. The Bertz CT molecular complexity index is 338. The van der Waals surface area contributed by atoms with Crippen LogP contribution in [0.1, 0.15) is 65.7 Å². The zero-order valence-corrected chi connectivity index (χ0v) is 14.6. The Balaban J connectivity index is 2.09. The highest BCUT2D eigenvalue weighted by molar-refractivity contribution is 5.85. The van der Waals surface area contributed by atoms with E-state index in [-0.39, 0.29) is 12.5 Å². The number of amides is 1. The van der Waals surface area contributed by atoms with E-state index in [2.05, 4.69) is 34.8 Å². The molecule has 1 amide bonds. The lowest BCUT2D eigenvalue weighted by Crippen LogP contribution is -2.39. The average Bonchev–Trinajstić information content (AvgIpc) is 3.27. The summed E-state index contributed by atoms with van der Waals surface area (Å²) in [6, 6.07) is 0.407. The highest BCUT2D eigenvalue weighted by Gasteiger charge is 2.22. The smallest absolute Gasteiger partial charge is 0.242 e. The lowest BCUT2D eigenvalue weighted by atomic mass is 10.0. The first kappa shape index (κ1) is 18.8. The fourth-order valence-corrected chi connectivity index (χ4v) is 2.23. The van der Waals surface area contributed by atoms with Crippen LogP contribution in [0.2, 0.25) is 0 Å². The predicted molar refractivity (Wildman–Crippen MR) is 93.1 cm³/mol. The predicted octanol–water partition coefficient (Wildman–Crippen LogP) is 2.43. The number of rotatable bonds is 11. The fourth-order valence-electron chi connectivity index (χ4n) is 2.23. The van der Waals surface area contributed by atoms with Crippen molar-refractivity contribution in [3.8, 4) is 0 Å². The van der Waals surface area contributed by atoms with Gasteiger partial charge in [0.25, 0.3) is 0 Å². The van der Waals surface area contributed by atoms with Gasteiger partial charge >= 0.3 is 0 Å². The Hall–Kier alpha value is -1.26. The van der Waals surface area contributed by atoms with Crippen LogP contribution in [0, 0.1) is 5.92 Å². The van der Waals surface area contributed by atoms with E-state index in [9.17, 15) is 4.79 Å². The van der Waals surface area contributed by atoms with Crippen LogP contribution in [-0.2, 0) is 4.79 Å². The molecule has 0 spiro atoms. The van der Waals surface area contributed by atoms with Crippen LogP contribution in [0.15, 0.2) is 4.99 Å². The molecule has 1 fully saturated rings. The second kappa shape index (κ2) is 11.3. The molecule has 1 aliphatic carbocycles. The van der Waals surface area contributed by atoms with Crippen LogP contribution >= 0.6 is 0 Å². The molecule has 5 nitrogen and oxygen atoms in total. The molecular formula is C17H34N4O. The first-order chi connectivity index (χ1) is 10.6. The molecule has 0 aromatic carbocycles. The average molecular weight is 310 g/mol. The summed E-state index contributed by atoms with van der Waals surface area (Å²) in [6.07, 6.45) is 8.59. The van der Waals surface area contributed by atoms with Crippen molar-refractivity contribution in [2.75, 3.05) is 19.6 Å². The van der Waals surface area contributed by atoms with Crippen molar-refractivity contribution in [2.24, 2.45) is 10.9 Å². The van der Waals surface area contributed by atoms with Gasteiger partial charge in [0.15, 0.2) is 5.96 Å². The summed E-state index contributed by atoms with van der Waals surface area (Å²) in [6.45, 7) is 8.52. The minimum Gasteiger partial charge on any atom is -0.357 e. The number of nitrogens with zero attached hydrogens (tertiary/aromatic N) is 1. The molecule has 128 valence electrons. The third kappa shape index (κ3) is 10.5. The van der Waals surface area contributed by atoms with Crippen LogP contribution in [0.3, 0.4) is 0 Å². The number of nitrogens with one attached hydrogen (secondary N) is 3. The maximum Gasteiger partial charge on any atom is 0.242 e. The van der Waals surface area contributed by atoms with E-state index < -0.39 is 0 Å². The Morgan fingerprint density at radius 3 is 2.50 bits per heavy atom. The van der Waals surface area contributed by atoms with Crippen molar-refractivity contribution in [1.29, 1.82) is 0 Å². The van der Waals surface area contributed by atoms with Crippen LogP contribution in [0.4, 0.5) is 0 Å². The monoisotopic (exact) mass is 310 g/mol. The second-order valence-electron chi connectivity index (χ2n) is 6.56. The largest absolute Gasteiger partial charge is 0.357 e. The molecule has 0 aromatic rings. The summed E-state index contributed by atoms with van der Waals surface area (Å²) in [7, 11) is 0. The molecule has 1 rings (SSSR count). The number of guanidine groups is 1. The normalized spacial score (nSPS) is 15.0. The van der Waals surface area contributed by atoms with Crippen LogP contribution in [-0.4, -0.2) is 37.5 Å². The van der Waals surface area contributed by atoms with Crippen molar-refractivity contribution in [3.63, 3.8) is 0 Å². The molecule has 0 atom stereocenters. The van der Waals surface area contributed by atoms with Gasteiger partial charge in [0.05, 0.1) is 0 Å². The highest BCUT2D eigenvalue weighted by atomic mass is 16.2. The molecule has 0 unspecified atom stereocenters. The van der Waals surface area contributed by atoms with Crippen molar-refractivity contribution in [3.05, 3.63) is 0 Å². The second-order valence-corrected chi connectivity index (χ2v) is 6.56. The molecule has 5 heteroatoms. The summed E-state index contributed by atoms with van der Waals surface area (Å²) >= 11 is 0. The molecule has 3 N–H and O–H groups in total. The Morgan fingerprint density at radius 1 is 1.14 bits per heavy atom. The summed E-state index contributed by atoms with van der Waals surface area (Å²) in [5.41, 5.74) is 0. The third-order valence-corrected chi connectivity index (χ3v) is 3.67. The van der Waals surface area contributed by atoms with Crippen molar-refractivity contribution < 1.29 is 4.79 Å². The topological polar surface area (TPSA) is 65.5 Å². The molecule has 1 aliphatic rings. The quantitative estimate of drug-likeness (QED) is 0.312. The van der Waals surface area contributed by atoms with Crippen LogP contribution in [0.5, 0.6) is 0 Å². The Kier molecular flexibility index (Phi) is 9.67. The first-order valence-corrected chi connectivity index (χ1v) is 8.93. The molecule has 0 bridgehead atoms.